The van der Waals surface area contributed by atoms with E-state index in [1.807, 2.05) is 6.07 Å². The molecule has 1 aromatic carbocycles. The Labute approximate surface area is 133 Å². The standard InChI is InChI=1S/C15H11N3O4S/c16-10-8-6-9(15(21)22)12(19)18-14(8)23-11(10)13(20)17-7-4-2-1-3-5-7/h1-6H,16H2,(H,17,20)(H,18,19)(H,21,22)/p-1. The maximum Gasteiger partial charge on any atom is 0.267 e. The van der Waals surface area contributed by atoms with Crippen molar-refractivity contribution in [1.82, 2.24) is 4.98 Å². The highest BCUT2D eigenvalue weighted by atomic mass is 32.1. The Morgan fingerprint density at radius 3 is 2.57 bits per heavy atom. The van der Waals surface area contributed by atoms with Gasteiger partial charge in [-0.2, -0.15) is 0 Å². The second-order valence-electron chi connectivity index (χ2n) is 4.71. The number of aromatic amines is 1. The first-order valence-electron chi connectivity index (χ1n) is 6.50. The van der Waals surface area contributed by atoms with Crippen LogP contribution in [-0.4, -0.2) is 16.9 Å². The summed E-state index contributed by atoms with van der Waals surface area (Å²) in [6.45, 7) is 0. The first-order chi connectivity index (χ1) is 11.0. The average Bonchev–Trinajstić information content (AvgIpc) is 2.83. The van der Waals surface area contributed by atoms with Crippen LogP contribution in [0.4, 0.5) is 11.4 Å². The number of carboxylic acid groups (broad SMARTS) is 1. The number of hydrogen-bond donors (Lipinski definition) is 3. The molecule has 0 atom stereocenters. The molecule has 3 aromatic rings. The van der Waals surface area contributed by atoms with Crippen molar-refractivity contribution in [2.24, 2.45) is 0 Å². The van der Waals surface area contributed by atoms with Crippen molar-refractivity contribution in [1.29, 1.82) is 0 Å². The Morgan fingerprint density at radius 1 is 1.22 bits per heavy atom. The van der Waals surface area contributed by atoms with Crippen molar-refractivity contribution in [2.45, 2.75) is 0 Å². The van der Waals surface area contributed by atoms with Crippen LogP contribution in [0.3, 0.4) is 0 Å². The third-order valence-electron chi connectivity index (χ3n) is 3.20. The lowest BCUT2D eigenvalue weighted by Crippen LogP contribution is -2.29. The molecule has 0 bridgehead atoms. The number of carbonyl (C=O) groups is 2. The highest BCUT2D eigenvalue weighted by Crippen LogP contribution is 2.32. The summed E-state index contributed by atoms with van der Waals surface area (Å²) >= 11 is 0.980. The van der Waals surface area contributed by atoms with Gasteiger partial charge in [0.15, 0.2) is 0 Å². The molecular formula is C15H10N3O4S-. The molecule has 7 nitrogen and oxygen atoms in total. The maximum absolute atomic E-state index is 12.3. The normalized spacial score (nSPS) is 10.6. The van der Waals surface area contributed by atoms with Crippen molar-refractivity contribution in [3.8, 4) is 0 Å². The minimum Gasteiger partial charge on any atom is -0.545 e. The number of rotatable bonds is 3. The molecule has 0 fully saturated rings. The smallest absolute Gasteiger partial charge is 0.267 e. The quantitative estimate of drug-likeness (QED) is 0.655. The van der Waals surface area contributed by atoms with E-state index < -0.39 is 23.0 Å². The molecule has 116 valence electrons. The van der Waals surface area contributed by atoms with Gasteiger partial charge >= 0.3 is 0 Å². The molecule has 0 saturated carbocycles. The van der Waals surface area contributed by atoms with Crippen LogP contribution in [0.5, 0.6) is 0 Å². The molecule has 23 heavy (non-hydrogen) atoms. The molecule has 0 radical (unpaired) electrons. The Morgan fingerprint density at radius 2 is 1.91 bits per heavy atom. The largest absolute Gasteiger partial charge is 0.545 e. The Balaban J connectivity index is 2.05. The zero-order chi connectivity index (χ0) is 16.6. The van der Waals surface area contributed by atoms with E-state index in [0.29, 0.717) is 15.9 Å². The van der Waals surface area contributed by atoms with E-state index in [0.717, 1.165) is 17.4 Å². The number of carboxylic acids is 1. The maximum atomic E-state index is 12.3. The molecule has 8 heteroatoms. The minimum absolute atomic E-state index is 0.109. The number of nitrogens with two attached hydrogens (primary N) is 1. The topological polar surface area (TPSA) is 128 Å². The van der Waals surface area contributed by atoms with Gasteiger partial charge in [-0.15, -0.1) is 11.3 Å². The van der Waals surface area contributed by atoms with Crippen LogP contribution < -0.4 is 21.7 Å². The summed E-state index contributed by atoms with van der Waals surface area (Å²) in [5.74, 6) is -2.04. The molecule has 3 rings (SSSR count). The summed E-state index contributed by atoms with van der Waals surface area (Å²) in [7, 11) is 0. The summed E-state index contributed by atoms with van der Waals surface area (Å²) in [5.41, 5.74) is 5.30. The van der Waals surface area contributed by atoms with E-state index in [-0.39, 0.29) is 10.6 Å². The van der Waals surface area contributed by atoms with Crippen LogP contribution >= 0.6 is 11.3 Å². The number of amides is 1. The predicted molar refractivity (Wildman–Crippen MR) is 85.6 cm³/mol. The second-order valence-corrected chi connectivity index (χ2v) is 5.73. The molecular weight excluding hydrogens is 318 g/mol. The Hall–Kier alpha value is -3.13. The number of carbonyl (C=O) groups excluding carboxylic acids is 2. The van der Waals surface area contributed by atoms with E-state index in [2.05, 4.69) is 10.3 Å². The highest BCUT2D eigenvalue weighted by molar-refractivity contribution is 7.21. The van der Waals surface area contributed by atoms with Gasteiger partial charge in [0, 0.05) is 11.1 Å². The van der Waals surface area contributed by atoms with Crippen LogP contribution in [0.25, 0.3) is 10.2 Å². The summed E-state index contributed by atoms with van der Waals surface area (Å²) in [5, 5.41) is 13.9. The molecule has 1 amide bonds. The van der Waals surface area contributed by atoms with E-state index >= 15 is 0 Å². The molecule has 0 aliphatic carbocycles. The lowest BCUT2D eigenvalue weighted by molar-refractivity contribution is -0.255. The SMILES string of the molecule is Nc1c(C(=O)Nc2ccccc2)sc2[nH]c(=O)c(C(=O)[O-])cc12. The van der Waals surface area contributed by atoms with Gasteiger partial charge in [0.2, 0.25) is 0 Å². The first kappa shape index (κ1) is 14.8. The number of benzene rings is 1. The highest BCUT2D eigenvalue weighted by Gasteiger charge is 2.18. The monoisotopic (exact) mass is 328 g/mol. The number of thiophene rings is 1. The number of pyridine rings is 1. The number of aromatic carboxylic acids is 1. The van der Waals surface area contributed by atoms with Crippen molar-refractivity contribution in [3.63, 3.8) is 0 Å². The number of nitrogens with one attached hydrogen (secondary N) is 2. The lowest BCUT2D eigenvalue weighted by Gasteiger charge is -2.03. The fourth-order valence-corrected chi connectivity index (χ4v) is 3.09. The van der Waals surface area contributed by atoms with Gasteiger partial charge in [0.25, 0.3) is 11.5 Å². The fourth-order valence-electron chi connectivity index (χ4n) is 2.10. The zero-order valence-electron chi connectivity index (χ0n) is 11.6. The molecule has 0 aliphatic heterocycles. The van der Waals surface area contributed by atoms with Crippen molar-refractivity contribution >= 4 is 44.8 Å². The zero-order valence-corrected chi connectivity index (χ0v) is 12.4. The molecule has 2 heterocycles. The summed E-state index contributed by atoms with van der Waals surface area (Å²) in [4.78, 5) is 37.8. The van der Waals surface area contributed by atoms with Crippen molar-refractivity contribution in [3.05, 3.63) is 57.2 Å². The minimum atomic E-state index is -1.60. The molecule has 2 aromatic heterocycles. The lowest BCUT2D eigenvalue weighted by atomic mass is 10.2. The van der Waals surface area contributed by atoms with Gasteiger partial charge in [-0.3, -0.25) is 9.59 Å². The molecule has 0 aliphatic rings. The third kappa shape index (κ3) is 2.67. The molecule has 4 N–H and O–H groups in total. The Kier molecular flexibility index (Phi) is 3.59. The number of hydrogen-bond acceptors (Lipinski definition) is 6. The summed E-state index contributed by atoms with van der Waals surface area (Å²) < 4.78 is 0. The number of anilines is 2. The van der Waals surface area contributed by atoms with E-state index in [9.17, 15) is 19.5 Å². The average molecular weight is 328 g/mol. The van der Waals surface area contributed by atoms with Crippen LogP contribution in [-0.2, 0) is 0 Å². The number of para-hydroxylation sites is 1. The van der Waals surface area contributed by atoms with Crippen molar-refractivity contribution < 1.29 is 14.7 Å². The third-order valence-corrected chi connectivity index (χ3v) is 4.34. The number of fused-ring (bicyclic) bond motifs is 1. The van der Waals surface area contributed by atoms with Crippen molar-refractivity contribution in [2.75, 3.05) is 11.1 Å². The van der Waals surface area contributed by atoms with Gasteiger partial charge < -0.3 is 25.9 Å². The fraction of sp³-hybridized carbons (Fsp3) is 0. The van der Waals surface area contributed by atoms with Crippen LogP contribution in [0.15, 0.2) is 41.2 Å². The van der Waals surface area contributed by atoms with Crippen LogP contribution in [0.2, 0.25) is 0 Å². The van der Waals surface area contributed by atoms with Gasteiger partial charge in [-0.1, -0.05) is 18.2 Å². The molecule has 0 saturated heterocycles. The molecule has 0 spiro atoms. The van der Waals surface area contributed by atoms with Gasteiger partial charge in [0.05, 0.1) is 17.2 Å². The predicted octanol–water partition coefficient (Wildman–Crippen LogP) is 0.788. The second kappa shape index (κ2) is 5.58. The first-order valence-corrected chi connectivity index (χ1v) is 7.32. The van der Waals surface area contributed by atoms with Gasteiger partial charge in [0.1, 0.15) is 9.71 Å². The van der Waals surface area contributed by atoms with Gasteiger partial charge in [-0.05, 0) is 18.2 Å². The van der Waals surface area contributed by atoms with E-state index in [1.165, 1.54) is 0 Å². The molecule has 0 unspecified atom stereocenters. The van der Waals surface area contributed by atoms with Crippen LogP contribution in [0.1, 0.15) is 20.0 Å². The number of aromatic nitrogens is 1. The van der Waals surface area contributed by atoms with Crippen LogP contribution in [0, 0.1) is 0 Å². The number of H-pyrrole nitrogens is 1. The van der Waals surface area contributed by atoms with E-state index in [4.69, 9.17) is 5.73 Å². The summed E-state index contributed by atoms with van der Waals surface area (Å²) in [6, 6.07) is 9.92. The number of nitrogen functional groups attached to an aromatic ring is 1. The Bertz CT molecular complexity index is 976. The van der Waals surface area contributed by atoms with Gasteiger partial charge in [-0.25, -0.2) is 0 Å². The summed E-state index contributed by atoms with van der Waals surface area (Å²) in [6.07, 6.45) is 0. The van der Waals surface area contributed by atoms with E-state index in [1.54, 1.807) is 24.3 Å².